The van der Waals surface area contributed by atoms with Gasteiger partial charge in [0.05, 0.1) is 0 Å². The molecule has 0 aliphatic heterocycles. The van der Waals surface area contributed by atoms with Crippen molar-refractivity contribution in [1.82, 2.24) is 0 Å². The Hall–Kier alpha value is 1.35. The van der Waals surface area contributed by atoms with E-state index in [0.717, 1.165) is 5.56 Å². The minimum absolute atomic E-state index is 0. The molecule has 0 nitrogen and oxygen atoms in total. The fourth-order valence-corrected chi connectivity index (χ4v) is 0.478. The van der Waals surface area contributed by atoms with Crippen LogP contribution in [0.5, 0.6) is 0 Å². The molecule has 1 aromatic rings. The molecule has 0 radical (unpaired) electrons. The summed E-state index contributed by atoms with van der Waals surface area (Å²) in [5, 5.41) is 0. The first-order valence-electron chi connectivity index (χ1n) is 3.68. The van der Waals surface area contributed by atoms with Crippen LogP contribution in [0.1, 0.15) is 19.4 Å². The molecule has 0 heterocycles. The van der Waals surface area contributed by atoms with Crippen LogP contribution in [-0.4, -0.2) is 0 Å². The fraction of sp³-hybridized carbons (Fsp3) is 0.182. The van der Waals surface area contributed by atoms with E-state index in [1.807, 2.05) is 30.3 Å². The molecule has 64 valence electrons. The third kappa shape index (κ3) is 19.7. The number of benzene rings is 1. The van der Waals surface area contributed by atoms with Gasteiger partial charge in [-0.15, -0.1) is 12.1 Å². The molecule has 0 fully saturated rings. The summed E-state index contributed by atoms with van der Waals surface area (Å²) in [4.78, 5) is 0. The minimum atomic E-state index is 0. The first-order valence-corrected chi connectivity index (χ1v) is 3.68. The topological polar surface area (TPSA) is 0 Å². The van der Waals surface area contributed by atoms with E-state index in [2.05, 4.69) is 20.8 Å². The molecule has 0 amide bonds. The first-order chi connectivity index (χ1) is 5.39. The molecule has 0 atom stereocenters. The monoisotopic (exact) mass is 252 g/mol. The van der Waals surface area contributed by atoms with Crippen LogP contribution < -0.4 is 51.4 Å². The van der Waals surface area contributed by atoms with Crippen molar-refractivity contribution in [3.05, 3.63) is 56.7 Å². The van der Waals surface area contributed by atoms with Crippen LogP contribution in [0.15, 0.2) is 30.3 Å². The summed E-state index contributed by atoms with van der Waals surface area (Å²) in [5.74, 6) is 0. The van der Waals surface area contributed by atoms with E-state index >= 15 is 0 Å². The van der Waals surface area contributed by atoms with Gasteiger partial charge in [0.15, 0.2) is 0 Å². The number of hydrogen-bond donors (Lipinski definition) is 0. The molecule has 0 aliphatic rings. The van der Waals surface area contributed by atoms with Crippen molar-refractivity contribution in [2.45, 2.75) is 13.8 Å². The van der Waals surface area contributed by atoms with Gasteiger partial charge in [0.1, 0.15) is 0 Å². The molecule has 0 aromatic heterocycles. The molecule has 0 N–H and O–H groups in total. The van der Waals surface area contributed by atoms with Crippen LogP contribution >= 0.6 is 0 Å². The second-order valence-corrected chi connectivity index (χ2v) is 1.49. The van der Waals surface area contributed by atoms with Gasteiger partial charge in [0.25, 0.3) is 0 Å². The molecular weight excluding hydrogens is 237 g/mol. The predicted octanol–water partition coefficient (Wildman–Crippen LogP) is 0.551. The predicted molar refractivity (Wildman–Crippen MR) is 53.0 cm³/mol. The Kier molecular flexibility index (Phi) is 42.8. The second kappa shape index (κ2) is 23.3. The SMILES string of the molecule is [CH2-]C.[CH2-]C.[CH2-]c1ccccc1.[K+].[Zn+2]. The molecule has 0 aliphatic carbocycles. The smallest absolute Gasteiger partial charge is 0.346 e. The van der Waals surface area contributed by atoms with E-state index in [1.165, 1.54) is 0 Å². The first kappa shape index (κ1) is 23.9. The van der Waals surface area contributed by atoms with Gasteiger partial charge in [0, 0.05) is 0 Å². The normalized spacial score (nSPS) is 5.54. The second-order valence-electron chi connectivity index (χ2n) is 1.49. The van der Waals surface area contributed by atoms with Crippen molar-refractivity contribution >= 4 is 0 Å². The van der Waals surface area contributed by atoms with Crippen molar-refractivity contribution in [2.24, 2.45) is 0 Å². The third-order valence-corrected chi connectivity index (χ3v) is 0.843. The summed E-state index contributed by atoms with van der Waals surface area (Å²) in [6, 6.07) is 9.87. The van der Waals surface area contributed by atoms with Crippen LogP contribution in [-0.2, 0) is 19.5 Å². The van der Waals surface area contributed by atoms with Crippen LogP contribution in [0.3, 0.4) is 0 Å². The zero-order valence-corrected chi connectivity index (χ0v) is 15.3. The van der Waals surface area contributed by atoms with Gasteiger partial charge in [-0.1, -0.05) is 6.07 Å². The largest absolute Gasteiger partial charge is 2.00 e. The summed E-state index contributed by atoms with van der Waals surface area (Å²) < 4.78 is 0. The molecule has 0 saturated carbocycles. The van der Waals surface area contributed by atoms with Crippen molar-refractivity contribution < 1.29 is 70.9 Å². The third-order valence-electron chi connectivity index (χ3n) is 0.843. The van der Waals surface area contributed by atoms with Gasteiger partial charge in [-0.05, 0) is 0 Å². The van der Waals surface area contributed by atoms with Crippen molar-refractivity contribution in [2.75, 3.05) is 0 Å². The Bertz CT molecular complexity index is 140. The van der Waals surface area contributed by atoms with Gasteiger partial charge in [0.2, 0.25) is 0 Å². The Morgan fingerprint density at radius 1 is 0.846 bits per heavy atom. The van der Waals surface area contributed by atoms with Crippen LogP contribution in [0.2, 0.25) is 0 Å². The maximum atomic E-state index is 3.72. The Labute approximate surface area is 139 Å². The Balaban J connectivity index is -0.0000000607. The van der Waals surface area contributed by atoms with Crippen molar-refractivity contribution in [3.8, 4) is 0 Å². The number of hydrogen-bond acceptors (Lipinski definition) is 0. The standard InChI is InChI=1S/C7H7.2C2H5.K.Zn/c1-7-5-3-2-4-6-7;2*1-2;;/h2-6H,1H2;2*1H2,2H3;;/q3*-1;+1;+2. The zero-order chi connectivity index (χ0) is 9.11. The van der Waals surface area contributed by atoms with Crippen molar-refractivity contribution in [1.29, 1.82) is 0 Å². The molecule has 0 saturated heterocycles. The molecule has 13 heavy (non-hydrogen) atoms. The zero-order valence-electron chi connectivity index (χ0n) is 9.22. The molecule has 0 spiro atoms. The van der Waals surface area contributed by atoms with Gasteiger partial charge in [-0.3, -0.25) is 0 Å². The van der Waals surface area contributed by atoms with Crippen LogP contribution in [0.4, 0.5) is 0 Å². The quantitative estimate of drug-likeness (QED) is 0.468. The summed E-state index contributed by atoms with van der Waals surface area (Å²) in [6.07, 6.45) is 0. The minimum Gasteiger partial charge on any atom is -0.346 e. The van der Waals surface area contributed by atoms with Gasteiger partial charge < -0.3 is 13.8 Å². The maximum absolute atomic E-state index is 3.72. The van der Waals surface area contributed by atoms with E-state index in [9.17, 15) is 0 Å². The Morgan fingerprint density at radius 3 is 1.31 bits per heavy atom. The fourth-order valence-electron chi connectivity index (χ4n) is 0.478. The van der Waals surface area contributed by atoms with Crippen LogP contribution in [0, 0.1) is 20.8 Å². The van der Waals surface area contributed by atoms with Gasteiger partial charge >= 0.3 is 70.9 Å². The summed E-state index contributed by atoms with van der Waals surface area (Å²) >= 11 is 0. The van der Waals surface area contributed by atoms with Gasteiger partial charge in [-0.2, -0.15) is 38.5 Å². The molecule has 2 heteroatoms. The summed E-state index contributed by atoms with van der Waals surface area (Å²) in [6.45, 7) is 13.7. The van der Waals surface area contributed by atoms with E-state index in [4.69, 9.17) is 0 Å². The molecule has 0 bridgehead atoms. The summed E-state index contributed by atoms with van der Waals surface area (Å²) in [5.41, 5.74) is 1.07. The maximum Gasteiger partial charge on any atom is 2.00 e. The number of rotatable bonds is 0. The Morgan fingerprint density at radius 2 is 1.15 bits per heavy atom. The van der Waals surface area contributed by atoms with E-state index < -0.39 is 0 Å². The van der Waals surface area contributed by atoms with E-state index in [-0.39, 0.29) is 70.9 Å². The molecule has 1 rings (SSSR count). The average Bonchev–Trinajstić information content (AvgIpc) is 2.13. The average molecular weight is 254 g/mol. The van der Waals surface area contributed by atoms with Crippen molar-refractivity contribution in [3.63, 3.8) is 0 Å². The molecular formula is C11H17KZn. The van der Waals surface area contributed by atoms with E-state index in [1.54, 1.807) is 13.8 Å². The van der Waals surface area contributed by atoms with E-state index in [0.29, 0.717) is 0 Å². The van der Waals surface area contributed by atoms with Crippen LogP contribution in [0.25, 0.3) is 0 Å². The van der Waals surface area contributed by atoms with Gasteiger partial charge in [-0.25, -0.2) is 0 Å². The molecule has 1 aromatic carbocycles. The summed E-state index contributed by atoms with van der Waals surface area (Å²) in [7, 11) is 0. The molecule has 0 unspecified atom stereocenters.